The lowest BCUT2D eigenvalue weighted by atomic mass is 10.1. The standard InChI is InChI=1S/C24H21FN4O3S/c25-20-6-12-23(13-7-20)33(31,32)28-21-8-4-19(5-9-21)24(30)26-16-14-18-2-10-22(11-3-18)29-17-1-15-27-29/h1-13,15,17,28H,14,16H2,(H,26,30). The van der Waals surface area contributed by atoms with Crippen LogP contribution in [0.15, 0.2) is 96.2 Å². The third kappa shape index (κ3) is 5.64. The van der Waals surface area contributed by atoms with Gasteiger partial charge in [0.1, 0.15) is 5.82 Å². The summed E-state index contributed by atoms with van der Waals surface area (Å²) in [6.07, 6.45) is 4.26. The molecule has 0 bridgehead atoms. The zero-order valence-electron chi connectivity index (χ0n) is 17.5. The van der Waals surface area contributed by atoms with Crippen LogP contribution in [0.5, 0.6) is 0 Å². The molecule has 0 aliphatic heterocycles. The molecule has 1 aromatic heterocycles. The van der Waals surface area contributed by atoms with Gasteiger partial charge in [-0.1, -0.05) is 12.1 Å². The molecule has 0 saturated heterocycles. The average Bonchev–Trinajstić information content (AvgIpc) is 3.35. The Bertz CT molecular complexity index is 1320. The quantitative estimate of drug-likeness (QED) is 0.415. The molecular weight excluding hydrogens is 443 g/mol. The second-order valence-electron chi connectivity index (χ2n) is 7.26. The van der Waals surface area contributed by atoms with E-state index in [0.717, 1.165) is 23.4 Å². The Hall–Kier alpha value is -3.98. The fraction of sp³-hybridized carbons (Fsp3) is 0.0833. The molecule has 0 atom stereocenters. The number of carbonyl (C=O) groups is 1. The number of hydrogen-bond donors (Lipinski definition) is 2. The first-order valence-corrected chi connectivity index (χ1v) is 11.6. The van der Waals surface area contributed by atoms with Gasteiger partial charge in [-0.25, -0.2) is 17.5 Å². The molecule has 33 heavy (non-hydrogen) atoms. The minimum atomic E-state index is -3.85. The molecule has 3 aromatic carbocycles. The SMILES string of the molecule is O=C(NCCc1ccc(-n2cccn2)cc1)c1ccc(NS(=O)(=O)c2ccc(F)cc2)cc1. The van der Waals surface area contributed by atoms with Crippen LogP contribution in [0.25, 0.3) is 5.69 Å². The third-order valence-corrected chi connectivity index (χ3v) is 6.32. The number of amides is 1. The Kier molecular flexibility index (Phi) is 6.50. The largest absolute Gasteiger partial charge is 0.352 e. The first-order chi connectivity index (χ1) is 15.9. The normalized spacial score (nSPS) is 11.2. The van der Waals surface area contributed by atoms with Crippen LogP contribution in [-0.4, -0.2) is 30.7 Å². The van der Waals surface area contributed by atoms with Crippen molar-refractivity contribution in [1.82, 2.24) is 15.1 Å². The molecule has 4 rings (SSSR count). The van der Waals surface area contributed by atoms with E-state index in [1.165, 1.54) is 36.4 Å². The predicted molar refractivity (Wildman–Crippen MR) is 123 cm³/mol. The zero-order chi connectivity index (χ0) is 23.3. The topological polar surface area (TPSA) is 93.1 Å². The van der Waals surface area contributed by atoms with Crippen LogP contribution in [0.1, 0.15) is 15.9 Å². The lowest BCUT2D eigenvalue weighted by Crippen LogP contribution is -2.25. The van der Waals surface area contributed by atoms with Gasteiger partial charge in [-0.15, -0.1) is 0 Å². The lowest BCUT2D eigenvalue weighted by molar-refractivity contribution is 0.0954. The number of hydrogen-bond acceptors (Lipinski definition) is 4. The van der Waals surface area contributed by atoms with Gasteiger partial charge in [0.25, 0.3) is 15.9 Å². The second-order valence-corrected chi connectivity index (χ2v) is 8.94. The van der Waals surface area contributed by atoms with E-state index >= 15 is 0 Å². The molecule has 9 heteroatoms. The van der Waals surface area contributed by atoms with Crippen LogP contribution >= 0.6 is 0 Å². The van der Waals surface area contributed by atoms with Gasteiger partial charge in [-0.3, -0.25) is 9.52 Å². The van der Waals surface area contributed by atoms with Gasteiger partial charge in [0.2, 0.25) is 0 Å². The number of aromatic nitrogens is 2. The third-order valence-electron chi connectivity index (χ3n) is 4.93. The van der Waals surface area contributed by atoms with Crippen LogP contribution in [0.3, 0.4) is 0 Å². The number of anilines is 1. The zero-order valence-corrected chi connectivity index (χ0v) is 18.3. The monoisotopic (exact) mass is 464 g/mol. The molecule has 0 saturated carbocycles. The summed E-state index contributed by atoms with van der Waals surface area (Å²) in [5.41, 5.74) is 2.75. The minimum absolute atomic E-state index is 0.0524. The van der Waals surface area contributed by atoms with E-state index in [0.29, 0.717) is 24.2 Å². The van der Waals surface area contributed by atoms with Crippen molar-refractivity contribution in [2.45, 2.75) is 11.3 Å². The van der Waals surface area contributed by atoms with E-state index in [4.69, 9.17) is 0 Å². The van der Waals surface area contributed by atoms with Crippen LogP contribution < -0.4 is 10.0 Å². The summed E-state index contributed by atoms with van der Waals surface area (Å²) in [5, 5.41) is 7.05. The van der Waals surface area contributed by atoms with Crippen molar-refractivity contribution in [1.29, 1.82) is 0 Å². The van der Waals surface area contributed by atoms with Crippen molar-refractivity contribution in [2.75, 3.05) is 11.3 Å². The fourth-order valence-corrected chi connectivity index (χ4v) is 4.24. The van der Waals surface area contributed by atoms with Crippen LogP contribution in [0.2, 0.25) is 0 Å². The van der Waals surface area contributed by atoms with Crippen LogP contribution in [0.4, 0.5) is 10.1 Å². The van der Waals surface area contributed by atoms with E-state index in [1.54, 1.807) is 10.9 Å². The Labute approximate surface area is 190 Å². The Morgan fingerprint density at radius 3 is 2.27 bits per heavy atom. The number of rotatable bonds is 8. The number of carbonyl (C=O) groups excluding carboxylic acids is 1. The van der Waals surface area contributed by atoms with E-state index in [1.807, 2.05) is 36.5 Å². The van der Waals surface area contributed by atoms with Gasteiger partial charge in [0, 0.05) is 30.2 Å². The van der Waals surface area contributed by atoms with Crippen molar-refractivity contribution >= 4 is 21.6 Å². The molecule has 0 aliphatic rings. The highest BCUT2D eigenvalue weighted by atomic mass is 32.2. The predicted octanol–water partition coefficient (Wildman–Crippen LogP) is 3.78. The summed E-state index contributed by atoms with van der Waals surface area (Å²) in [7, 11) is -3.85. The molecule has 2 N–H and O–H groups in total. The van der Waals surface area contributed by atoms with Gasteiger partial charge in [-0.05, 0) is 78.7 Å². The average molecular weight is 465 g/mol. The second kappa shape index (κ2) is 9.66. The summed E-state index contributed by atoms with van der Waals surface area (Å²) in [4.78, 5) is 12.3. The molecule has 4 aromatic rings. The van der Waals surface area contributed by atoms with Crippen LogP contribution in [-0.2, 0) is 16.4 Å². The van der Waals surface area contributed by atoms with E-state index < -0.39 is 15.8 Å². The molecule has 0 fully saturated rings. The van der Waals surface area contributed by atoms with Gasteiger partial charge >= 0.3 is 0 Å². The Balaban J connectivity index is 1.29. The highest BCUT2D eigenvalue weighted by molar-refractivity contribution is 7.92. The van der Waals surface area contributed by atoms with E-state index in [2.05, 4.69) is 15.1 Å². The number of halogens is 1. The molecule has 168 valence electrons. The van der Waals surface area contributed by atoms with Crippen molar-refractivity contribution in [3.8, 4) is 5.69 Å². The highest BCUT2D eigenvalue weighted by Gasteiger charge is 2.14. The van der Waals surface area contributed by atoms with E-state index in [-0.39, 0.29) is 10.8 Å². The number of benzene rings is 3. The van der Waals surface area contributed by atoms with Crippen molar-refractivity contribution in [3.63, 3.8) is 0 Å². The van der Waals surface area contributed by atoms with Crippen molar-refractivity contribution in [3.05, 3.63) is 108 Å². The summed E-state index contributed by atoms with van der Waals surface area (Å²) in [6, 6.07) is 20.4. The minimum Gasteiger partial charge on any atom is -0.352 e. The maximum absolute atomic E-state index is 13.0. The molecular formula is C24H21FN4O3S. The number of nitrogens with one attached hydrogen (secondary N) is 2. The molecule has 0 unspecified atom stereocenters. The summed E-state index contributed by atoms with van der Waals surface area (Å²) in [6.45, 7) is 0.457. The molecule has 7 nitrogen and oxygen atoms in total. The highest BCUT2D eigenvalue weighted by Crippen LogP contribution is 2.17. The van der Waals surface area contributed by atoms with Crippen molar-refractivity contribution in [2.24, 2.45) is 0 Å². The van der Waals surface area contributed by atoms with Gasteiger partial charge in [0.15, 0.2) is 0 Å². The Morgan fingerprint density at radius 2 is 1.64 bits per heavy atom. The first-order valence-electron chi connectivity index (χ1n) is 10.2. The smallest absolute Gasteiger partial charge is 0.261 e. The van der Waals surface area contributed by atoms with Gasteiger partial charge < -0.3 is 5.32 Å². The summed E-state index contributed by atoms with van der Waals surface area (Å²) >= 11 is 0. The van der Waals surface area contributed by atoms with Crippen molar-refractivity contribution < 1.29 is 17.6 Å². The van der Waals surface area contributed by atoms with Crippen LogP contribution in [0, 0.1) is 5.82 Å². The number of sulfonamides is 1. The Morgan fingerprint density at radius 1 is 0.939 bits per heavy atom. The molecule has 0 aliphatic carbocycles. The van der Waals surface area contributed by atoms with Gasteiger partial charge in [0.05, 0.1) is 10.6 Å². The maximum Gasteiger partial charge on any atom is 0.261 e. The maximum atomic E-state index is 13.0. The lowest BCUT2D eigenvalue weighted by Gasteiger charge is -2.10. The summed E-state index contributed by atoms with van der Waals surface area (Å²) < 4.78 is 42.0. The summed E-state index contributed by atoms with van der Waals surface area (Å²) in [5.74, 6) is -0.772. The molecule has 1 amide bonds. The van der Waals surface area contributed by atoms with E-state index in [9.17, 15) is 17.6 Å². The van der Waals surface area contributed by atoms with Gasteiger partial charge in [-0.2, -0.15) is 5.10 Å². The number of nitrogens with zero attached hydrogens (tertiary/aromatic N) is 2. The molecule has 1 heterocycles. The molecule has 0 spiro atoms. The fourth-order valence-electron chi connectivity index (χ4n) is 3.18. The first kappa shape index (κ1) is 22.2. The molecule has 0 radical (unpaired) electrons.